The van der Waals surface area contributed by atoms with Gasteiger partial charge in [-0.05, 0) is 34.0 Å². The molecule has 5 heteroatoms. The molecule has 0 aliphatic carbocycles. The zero-order valence-corrected chi connectivity index (χ0v) is 8.97. The molecule has 1 aromatic rings. The summed E-state index contributed by atoms with van der Waals surface area (Å²) in [5.74, 6) is 0. The van der Waals surface area contributed by atoms with Crippen molar-refractivity contribution in [1.29, 1.82) is 0 Å². The Kier molecular flexibility index (Phi) is 4.09. The Balaban J connectivity index is 2.75. The summed E-state index contributed by atoms with van der Waals surface area (Å²) in [6.07, 6.45) is 3.69. The maximum absolute atomic E-state index is 9.80. The van der Waals surface area contributed by atoms with Gasteiger partial charge in [0.05, 0.1) is 6.54 Å². The van der Waals surface area contributed by atoms with Crippen molar-refractivity contribution < 1.29 is 4.79 Å². The third-order valence-corrected chi connectivity index (χ3v) is 2.21. The molecule has 0 bridgehead atoms. The van der Waals surface area contributed by atoms with Gasteiger partial charge in [-0.15, -0.1) is 0 Å². The van der Waals surface area contributed by atoms with E-state index in [1.165, 1.54) is 6.08 Å². The summed E-state index contributed by atoms with van der Waals surface area (Å²) < 4.78 is 0.863. The van der Waals surface area contributed by atoms with Crippen LogP contribution in [0.25, 0.3) is 0 Å². The largest absolute Gasteiger partial charge is 0.243 e. The van der Waals surface area contributed by atoms with Gasteiger partial charge in [0.1, 0.15) is 5.15 Å². The van der Waals surface area contributed by atoms with Crippen LogP contribution in [-0.4, -0.2) is 17.6 Å². The van der Waals surface area contributed by atoms with Crippen LogP contribution >= 0.6 is 27.5 Å². The number of isocyanates is 1. The molecule has 1 rings (SSSR count). The summed E-state index contributed by atoms with van der Waals surface area (Å²) in [6.45, 7) is 0.390. The van der Waals surface area contributed by atoms with E-state index in [0.29, 0.717) is 18.1 Å². The fourth-order valence-electron chi connectivity index (χ4n) is 0.862. The summed E-state index contributed by atoms with van der Waals surface area (Å²) >= 11 is 9.08. The molecule has 1 heterocycles. The van der Waals surface area contributed by atoms with Crippen LogP contribution < -0.4 is 0 Å². The highest BCUT2D eigenvalue weighted by Crippen LogP contribution is 2.18. The lowest BCUT2D eigenvalue weighted by Gasteiger charge is -2.00. The van der Waals surface area contributed by atoms with Gasteiger partial charge in [-0.2, -0.15) is 0 Å². The summed E-state index contributed by atoms with van der Waals surface area (Å²) in [5, 5.41) is 0.448. The molecule has 0 radical (unpaired) electrons. The minimum atomic E-state index is 0.390. The maximum Gasteiger partial charge on any atom is 0.234 e. The number of halogens is 2. The first-order valence-electron chi connectivity index (χ1n) is 3.57. The van der Waals surface area contributed by atoms with E-state index in [-0.39, 0.29) is 0 Å². The standard InChI is InChI=1S/C8H6BrClN2O/c9-7-3-6(1-2-11-5-13)8(10)12-4-7/h3-4H,1-2H2. The zero-order valence-electron chi connectivity index (χ0n) is 6.63. The van der Waals surface area contributed by atoms with Gasteiger partial charge in [0.2, 0.25) is 6.08 Å². The molecular weight excluding hydrogens is 255 g/mol. The van der Waals surface area contributed by atoms with E-state index in [1.54, 1.807) is 6.20 Å². The van der Waals surface area contributed by atoms with Crippen molar-refractivity contribution in [3.63, 3.8) is 0 Å². The second-order valence-corrected chi connectivity index (χ2v) is 3.60. The molecular formula is C8H6BrClN2O. The van der Waals surface area contributed by atoms with Crippen molar-refractivity contribution in [3.8, 4) is 0 Å². The smallest absolute Gasteiger partial charge is 0.234 e. The molecule has 0 saturated heterocycles. The van der Waals surface area contributed by atoms with Crippen LogP contribution in [0.15, 0.2) is 21.7 Å². The normalized spacial score (nSPS) is 9.38. The molecule has 0 amide bonds. The quantitative estimate of drug-likeness (QED) is 0.476. The van der Waals surface area contributed by atoms with Crippen LogP contribution in [0.5, 0.6) is 0 Å². The van der Waals surface area contributed by atoms with Gasteiger partial charge in [0.25, 0.3) is 0 Å². The van der Waals surface area contributed by atoms with Crippen molar-refractivity contribution in [3.05, 3.63) is 27.5 Å². The van der Waals surface area contributed by atoms with Gasteiger partial charge >= 0.3 is 0 Å². The van der Waals surface area contributed by atoms with E-state index >= 15 is 0 Å². The monoisotopic (exact) mass is 260 g/mol. The SMILES string of the molecule is O=C=NCCc1cc(Br)cnc1Cl. The Hall–Kier alpha value is -0.700. The highest BCUT2D eigenvalue weighted by atomic mass is 79.9. The Morgan fingerprint density at radius 2 is 2.46 bits per heavy atom. The van der Waals surface area contributed by atoms with Crippen LogP contribution in [0.1, 0.15) is 5.56 Å². The molecule has 0 fully saturated rings. The number of aromatic nitrogens is 1. The maximum atomic E-state index is 9.80. The average molecular weight is 262 g/mol. The number of pyridine rings is 1. The van der Waals surface area contributed by atoms with Crippen molar-refractivity contribution in [2.75, 3.05) is 6.54 Å². The van der Waals surface area contributed by atoms with Crippen LogP contribution in [0.4, 0.5) is 0 Å². The number of rotatable bonds is 3. The second kappa shape index (κ2) is 5.12. The number of carbonyl (C=O) groups excluding carboxylic acids is 1. The van der Waals surface area contributed by atoms with Crippen molar-refractivity contribution in [1.82, 2.24) is 4.98 Å². The summed E-state index contributed by atoms with van der Waals surface area (Å²) in [4.78, 5) is 17.2. The Labute approximate surface area is 89.0 Å². The van der Waals surface area contributed by atoms with E-state index in [4.69, 9.17) is 11.6 Å². The van der Waals surface area contributed by atoms with Gasteiger partial charge in [0.15, 0.2) is 0 Å². The first-order valence-corrected chi connectivity index (χ1v) is 4.74. The second-order valence-electron chi connectivity index (χ2n) is 2.33. The molecule has 0 N–H and O–H groups in total. The van der Waals surface area contributed by atoms with E-state index in [9.17, 15) is 4.79 Å². The number of aliphatic imine (C=N–C) groups is 1. The third-order valence-electron chi connectivity index (χ3n) is 1.44. The number of nitrogens with zero attached hydrogens (tertiary/aromatic N) is 2. The molecule has 0 spiro atoms. The lowest BCUT2D eigenvalue weighted by atomic mass is 10.2. The van der Waals surface area contributed by atoms with Crippen molar-refractivity contribution in [2.45, 2.75) is 6.42 Å². The minimum absolute atomic E-state index is 0.390. The predicted octanol–water partition coefficient (Wildman–Crippen LogP) is 2.38. The minimum Gasteiger partial charge on any atom is -0.243 e. The first kappa shape index (κ1) is 10.4. The van der Waals surface area contributed by atoms with Gasteiger partial charge in [-0.1, -0.05) is 11.6 Å². The van der Waals surface area contributed by atoms with E-state index < -0.39 is 0 Å². The lowest BCUT2D eigenvalue weighted by molar-refractivity contribution is 0.563. The summed E-state index contributed by atoms with van der Waals surface area (Å²) in [5.41, 5.74) is 0.870. The van der Waals surface area contributed by atoms with E-state index in [1.807, 2.05) is 6.07 Å². The molecule has 0 aliphatic rings. The predicted molar refractivity (Wildman–Crippen MR) is 53.6 cm³/mol. The van der Waals surface area contributed by atoms with Crippen LogP contribution in [0, 0.1) is 0 Å². The molecule has 0 atom stereocenters. The Morgan fingerprint density at radius 3 is 3.15 bits per heavy atom. The Morgan fingerprint density at radius 1 is 1.69 bits per heavy atom. The molecule has 3 nitrogen and oxygen atoms in total. The van der Waals surface area contributed by atoms with Crippen LogP contribution in [0.2, 0.25) is 5.15 Å². The van der Waals surface area contributed by atoms with Crippen molar-refractivity contribution >= 4 is 33.6 Å². The van der Waals surface area contributed by atoms with Crippen LogP contribution in [0.3, 0.4) is 0 Å². The van der Waals surface area contributed by atoms with Gasteiger partial charge < -0.3 is 0 Å². The topological polar surface area (TPSA) is 42.3 Å². The first-order chi connectivity index (χ1) is 6.24. The van der Waals surface area contributed by atoms with E-state index in [0.717, 1.165) is 10.0 Å². The number of hydrogen-bond donors (Lipinski definition) is 0. The molecule has 0 saturated carbocycles. The highest BCUT2D eigenvalue weighted by molar-refractivity contribution is 9.10. The molecule has 0 aromatic carbocycles. The Bertz CT molecular complexity index is 350. The van der Waals surface area contributed by atoms with E-state index in [2.05, 4.69) is 25.9 Å². The fraction of sp³-hybridized carbons (Fsp3) is 0.250. The molecule has 0 unspecified atom stereocenters. The average Bonchev–Trinajstić information content (AvgIpc) is 2.11. The highest BCUT2D eigenvalue weighted by Gasteiger charge is 2.01. The van der Waals surface area contributed by atoms with Gasteiger partial charge in [0, 0.05) is 10.7 Å². The lowest BCUT2D eigenvalue weighted by Crippen LogP contribution is -1.92. The molecule has 0 aliphatic heterocycles. The molecule has 68 valence electrons. The van der Waals surface area contributed by atoms with Crippen molar-refractivity contribution in [2.24, 2.45) is 4.99 Å². The third kappa shape index (κ3) is 3.27. The summed E-state index contributed by atoms with van der Waals surface area (Å²) in [7, 11) is 0. The molecule has 1 aromatic heterocycles. The fourth-order valence-corrected chi connectivity index (χ4v) is 1.44. The zero-order chi connectivity index (χ0) is 9.68. The number of hydrogen-bond acceptors (Lipinski definition) is 3. The van der Waals surface area contributed by atoms with Gasteiger partial charge in [-0.3, -0.25) is 0 Å². The van der Waals surface area contributed by atoms with Gasteiger partial charge in [-0.25, -0.2) is 14.8 Å². The molecule has 13 heavy (non-hydrogen) atoms. The summed E-state index contributed by atoms with van der Waals surface area (Å²) in [6, 6.07) is 1.86. The van der Waals surface area contributed by atoms with Crippen LogP contribution in [-0.2, 0) is 11.2 Å².